The Bertz CT molecular complexity index is 752. The number of hydrogen-bond acceptors (Lipinski definition) is 7. The van der Waals surface area contributed by atoms with E-state index in [-0.39, 0.29) is 6.10 Å². The first-order valence-corrected chi connectivity index (χ1v) is 13.2. The zero-order chi connectivity index (χ0) is 24.4. The maximum atomic E-state index is 11.4. The average molecular weight is 483 g/mol. The van der Waals surface area contributed by atoms with Gasteiger partial charge < -0.3 is 14.8 Å². The predicted molar refractivity (Wildman–Crippen MR) is 137 cm³/mol. The molecule has 2 unspecified atom stereocenters. The van der Waals surface area contributed by atoms with Gasteiger partial charge in [-0.2, -0.15) is 0 Å². The number of hydrogen-bond donors (Lipinski definition) is 2. The van der Waals surface area contributed by atoms with Crippen molar-refractivity contribution in [3.05, 3.63) is 59.4 Å². The lowest BCUT2D eigenvalue weighted by atomic mass is 10.2. The van der Waals surface area contributed by atoms with E-state index in [0.29, 0.717) is 35.6 Å². The van der Waals surface area contributed by atoms with Crippen molar-refractivity contribution < 1.29 is 18.5 Å². The van der Waals surface area contributed by atoms with Crippen LogP contribution in [0, 0.1) is 0 Å². The Hall–Kier alpha value is -1.87. The third-order valence-electron chi connectivity index (χ3n) is 3.76. The van der Waals surface area contributed by atoms with Gasteiger partial charge in [-0.1, -0.05) is 32.5 Å². The predicted octanol–water partition coefficient (Wildman–Crippen LogP) is 4.97. The number of carbonyl (C=O) groups is 1. The van der Waals surface area contributed by atoms with Gasteiger partial charge in [0.1, 0.15) is 23.3 Å². The molecular weight excluding hydrogens is 444 g/mol. The Morgan fingerprint density at radius 1 is 1.28 bits per heavy atom. The van der Waals surface area contributed by atoms with E-state index >= 15 is 0 Å². The summed E-state index contributed by atoms with van der Waals surface area (Å²) in [6, 6.07) is 7.08. The standard InChI is InChI=1S/C18H24O4S.C4H8N2S.C2H6/c1-5-16(12-15(13-19)10-11-21-14(2)3)22-17-6-8-18(9-7-17)23(4)20;1-5-4-6-2-3-7-4;1-2/h6-10,12-14H,5,11H2,1-4H3;2-6H,1H3;1-2H3/b15-10+,16-12+;;. The van der Waals surface area contributed by atoms with Gasteiger partial charge in [0.05, 0.1) is 12.7 Å². The van der Waals surface area contributed by atoms with Crippen molar-refractivity contribution in [2.24, 2.45) is 0 Å². The Labute approximate surface area is 200 Å². The molecule has 1 aliphatic rings. The van der Waals surface area contributed by atoms with Gasteiger partial charge in [-0.25, -0.2) is 0 Å². The fraction of sp³-hybridized carbons (Fsp3) is 0.458. The fourth-order valence-electron chi connectivity index (χ4n) is 2.15. The van der Waals surface area contributed by atoms with E-state index in [4.69, 9.17) is 9.47 Å². The van der Waals surface area contributed by atoms with Crippen LogP contribution in [0.4, 0.5) is 0 Å². The van der Waals surface area contributed by atoms with Crippen molar-refractivity contribution >= 4 is 28.8 Å². The quantitative estimate of drug-likeness (QED) is 0.211. The van der Waals surface area contributed by atoms with Crippen LogP contribution in [0.15, 0.2) is 64.3 Å². The van der Waals surface area contributed by atoms with Gasteiger partial charge in [0, 0.05) is 40.1 Å². The molecule has 1 aliphatic heterocycles. The smallest absolute Gasteiger partial charge is 0.149 e. The highest BCUT2D eigenvalue weighted by molar-refractivity contribution is 8.02. The second-order valence-corrected chi connectivity index (χ2v) is 8.87. The van der Waals surface area contributed by atoms with Gasteiger partial charge in [-0.3, -0.25) is 14.3 Å². The summed E-state index contributed by atoms with van der Waals surface area (Å²) in [4.78, 5) is 11.9. The first-order chi connectivity index (χ1) is 15.4. The summed E-state index contributed by atoms with van der Waals surface area (Å²) in [5.74, 6) is 1.33. The molecule has 32 heavy (non-hydrogen) atoms. The number of ether oxygens (including phenoxy) is 2. The van der Waals surface area contributed by atoms with Crippen LogP contribution < -0.4 is 15.4 Å². The molecule has 0 saturated carbocycles. The highest BCUT2D eigenvalue weighted by Gasteiger charge is 2.04. The van der Waals surface area contributed by atoms with E-state index in [9.17, 15) is 9.00 Å². The molecule has 0 saturated heterocycles. The Balaban J connectivity index is 0.000000889. The monoisotopic (exact) mass is 482 g/mol. The molecule has 0 bridgehead atoms. The molecule has 2 N–H and O–H groups in total. The lowest BCUT2D eigenvalue weighted by Crippen LogP contribution is -2.30. The summed E-state index contributed by atoms with van der Waals surface area (Å²) in [6.07, 6.45) is 8.56. The van der Waals surface area contributed by atoms with Gasteiger partial charge in [0.2, 0.25) is 0 Å². The van der Waals surface area contributed by atoms with Crippen molar-refractivity contribution in [3.8, 4) is 5.75 Å². The molecule has 0 amide bonds. The summed E-state index contributed by atoms with van der Waals surface area (Å²) in [6.45, 7) is 10.2. The van der Waals surface area contributed by atoms with Gasteiger partial charge in [-0.15, -0.1) is 0 Å². The molecule has 1 aromatic rings. The molecule has 8 heteroatoms. The minimum atomic E-state index is -1.01. The van der Waals surface area contributed by atoms with Crippen molar-refractivity contribution in [1.82, 2.24) is 10.6 Å². The van der Waals surface area contributed by atoms with Crippen LogP contribution in [0.2, 0.25) is 0 Å². The van der Waals surface area contributed by atoms with Crippen molar-refractivity contribution in [2.75, 3.05) is 19.9 Å². The molecule has 2 atom stereocenters. The SMILES string of the molecule is CC.CC/C(=C\C(C=O)=C/COC(C)C)Oc1ccc(S(C)=O)cc1.CNC1NC=CS1. The summed E-state index contributed by atoms with van der Waals surface area (Å²) in [7, 11) is 0.919. The third-order valence-corrected chi connectivity index (χ3v) is 5.63. The van der Waals surface area contributed by atoms with Crippen LogP contribution in [0.1, 0.15) is 41.0 Å². The number of benzene rings is 1. The molecule has 0 aromatic heterocycles. The molecule has 0 aliphatic carbocycles. The zero-order valence-electron chi connectivity index (χ0n) is 20.2. The minimum absolute atomic E-state index is 0.118. The molecule has 0 fully saturated rings. The maximum Gasteiger partial charge on any atom is 0.149 e. The van der Waals surface area contributed by atoms with Gasteiger partial charge in [0.25, 0.3) is 0 Å². The second-order valence-electron chi connectivity index (χ2n) is 6.47. The minimum Gasteiger partial charge on any atom is -0.462 e. The number of carbonyl (C=O) groups excluding carboxylic acids is 1. The third kappa shape index (κ3) is 13.5. The van der Waals surface area contributed by atoms with E-state index < -0.39 is 10.8 Å². The molecular formula is C24H38N2O4S2. The number of allylic oxidation sites excluding steroid dienone is 3. The van der Waals surface area contributed by atoms with Crippen LogP contribution >= 0.6 is 11.8 Å². The van der Waals surface area contributed by atoms with Crippen LogP contribution in [0.5, 0.6) is 5.75 Å². The number of aldehydes is 1. The Morgan fingerprint density at radius 2 is 1.94 bits per heavy atom. The van der Waals surface area contributed by atoms with Crippen molar-refractivity contribution in [2.45, 2.75) is 57.5 Å². The van der Waals surface area contributed by atoms with Crippen molar-refractivity contribution in [3.63, 3.8) is 0 Å². The van der Waals surface area contributed by atoms with E-state index in [0.717, 1.165) is 11.2 Å². The molecule has 0 spiro atoms. The molecule has 0 radical (unpaired) electrons. The average Bonchev–Trinajstić information content (AvgIpc) is 3.33. The largest absolute Gasteiger partial charge is 0.462 e. The lowest BCUT2D eigenvalue weighted by Gasteiger charge is -2.09. The zero-order valence-corrected chi connectivity index (χ0v) is 21.8. The summed E-state index contributed by atoms with van der Waals surface area (Å²) >= 11 is 1.74. The Kier molecular flexibility index (Phi) is 17.6. The van der Waals surface area contributed by atoms with Crippen LogP contribution in [0.3, 0.4) is 0 Å². The number of thioether (sulfide) groups is 1. The number of rotatable bonds is 10. The van der Waals surface area contributed by atoms with Crippen LogP contribution in [-0.2, 0) is 20.3 Å². The summed E-state index contributed by atoms with van der Waals surface area (Å²) in [5, 5.41) is 8.16. The van der Waals surface area contributed by atoms with Gasteiger partial charge in [-0.05, 0) is 62.7 Å². The van der Waals surface area contributed by atoms with E-state index in [1.807, 2.05) is 53.3 Å². The maximum absolute atomic E-state index is 11.4. The Morgan fingerprint density at radius 3 is 2.34 bits per heavy atom. The molecule has 2 rings (SSSR count). The van der Waals surface area contributed by atoms with Crippen LogP contribution in [-0.4, -0.2) is 42.0 Å². The first kappa shape index (κ1) is 30.1. The molecule has 6 nitrogen and oxygen atoms in total. The normalized spacial score (nSPS) is 16.3. The highest BCUT2D eigenvalue weighted by atomic mass is 32.2. The molecule has 1 aromatic carbocycles. The van der Waals surface area contributed by atoms with Gasteiger partial charge >= 0.3 is 0 Å². The van der Waals surface area contributed by atoms with Crippen LogP contribution in [0.25, 0.3) is 0 Å². The number of nitrogens with one attached hydrogen (secondary N) is 2. The fourth-order valence-corrected chi connectivity index (χ4v) is 3.28. The van der Waals surface area contributed by atoms with E-state index in [1.165, 1.54) is 0 Å². The highest BCUT2D eigenvalue weighted by Crippen LogP contribution is 2.19. The molecule has 1 heterocycles. The van der Waals surface area contributed by atoms with Gasteiger partial charge in [0.15, 0.2) is 0 Å². The topological polar surface area (TPSA) is 76.7 Å². The lowest BCUT2D eigenvalue weighted by molar-refractivity contribution is -0.104. The van der Waals surface area contributed by atoms with E-state index in [2.05, 4.69) is 10.6 Å². The van der Waals surface area contributed by atoms with E-state index in [1.54, 1.807) is 54.4 Å². The second kappa shape index (κ2) is 18.7. The molecule has 180 valence electrons. The summed E-state index contributed by atoms with van der Waals surface area (Å²) in [5.41, 5.74) is 0.925. The first-order valence-electron chi connectivity index (χ1n) is 10.7. The van der Waals surface area contributed by atoms with Crippen molar-refractivity contribution in [1.29, 1.82) is 0 Å². The summed E-state index contributed by atoms with van der Waals surface area (Å²) < 4.78 is 22.6.